The van der Waals surface area contributed by atoms with Crippen molar-refractivity contribution in [2.75, 3.05) is 6.54 Å². The van der Waals surface area contributed by atoms with Gasteiger partial charge in [0.25, 0.3) is 0 Å². The molecule has 0 saturated carbocycles. The van der Waals surface area contributed by atoms with Gasteiger partial charge in [0.15, 0.2) is 0 Å². The van der Waals surface area contributed by atoms with Gasteiger partial charge in [-0.25, -0.2) is 4.39 Å². The first kappa shape index (κ1) is 13.7. The molecule has 4 heteroatoms. The Bertz CT molecular complexity index is 537. The van der Waals surface area contributed by atoms with Crippen LogP contribution in [0.3, 0.4) is 0 Å². The van der Waals surface area contributed by atoms with Crippen LogP contribution in [0.5, 0.6) is 0 Å². The van der Waals surface area contributed by atoms with E-state index < -0.39 is 0 Å². The van der Waals surface area contributed by atoms with Crippen molar-refractivity contribution in [1.82, 2.24) is 15.1 Å². The predicted octanol–water partition coefficient (Wildman–Crippen LogP) is 2.51. The Morgan fingerprint density at radius 3 is 2.53 bits per heavy atom. The molecule has 0 amide bonds. The van der Waals surface area contributed by atoms with Crippen LogP contribution in [0.25, 0.3) is 0 Å². The van der Waals surface area contributed by atoms with Crippen molar-refractivity contribution in [3.05, 3.63) is 52.6 Å². The minimum atomic E-state index is -0.0985. The second-order valence-corrected chi connectivity index (χ2v) is 4.92. The Hall–Kier alpha value is -1.68. The summed E-state index contributed by atoms with van der Waals surface area (Å²) < 4.78 is 15.4. The van der Waals surface area contributed by atoms with Crippen LogP contribution >= 0.6 is 0 Å². The number of hydrogen-bond donors (Lipinski definition) is 1. The average Bonchev–Trinajstić information content (AvgIpc) is 2.77. The zero-order chi connectivity index (χ0) is 13.8. The minimum absolute atomic E-state index is 0.0985. The molecule has 2 rings (SSSR count). The van der Waals surface area contributed by atoms with E-state index in [0.29, 0.717) is 11.1 Å². The number of halogens is 1. The topological polar surface area (TPSA) is 29.9 Å². The van der Waals surface area contributed by atoms with Crippen molar-refractivity contribution in [2.45, 2.75) is 26.8 Å². The van der Waals surface area contributed by atoms with Crippen LogP contribution < -0.4 is 5.32 Å². The zero-order valence-corrected chi connectivity index (χ0v) is 11.7. The SMILES string of the molecule is Cc1cc(CNCCc2ccnn2C)cc(C)c1F. The molecule has 1 heterocycles. The first-order valence-electron chi connectivity index (χ1n) is 6.51. The smallest absolute Gasteiger partial charge is 0.129 e. The van der Waals surface area contributed by atoms with Crippen molar-refractivity contribution in [1.29, 1.82) is 0 Å². The Morgan fingerprint density at radius 1 is 1.26 bits per heavy atom. The molecule has 19 heavy (non-hydrogen) atoms. The number of nitrogens with zero attached hydrogens (tertiary/aromatic N) is 2. The maximum atomic E-state index is 13.5. The highest BCUT2D eigenvalue weighted by Gasteiger charge is 2.04. The van der Waals surface area contributed by atoms with Crippen molar-refractivity contribution < 1.29 is 4.39 Å². The maximum Gasteiger partial charge on any atom is 0.129 e. The van der Waals surface area contributed by atoms with Gasteiger partial charge >= 0.3 is 0 Å². The van der Waals surface area contributed by atoms with E-state index in [1.165, 1.54) is 5.69 Å². The van der Waals surface area contributed by atoms with Gasteiger partial charge in [0, 0.05) is 38.4 Å². The summed E-state index contributed by atoms with van der Waals surface area (Å²) in [7, 11) is 1.95. The third kappa shape index (κ3) is 3.41. The molecule has 3 nitrogen and oxygen atoms in total. The van der Waals surface area contributed by atoms with Crippen LogP contribution in [0, 0.1) is 19.7 Å². The van der Waals surface area contributed by atoms with Gasteiger partial charge in [0.2, 0.25) is 0 Å². The van der Waals surface area contributed by atoms with Gasteiger partial charge in [-0.15, -0.1) is 0 Å². The number of aromatic nitrogens is 2. The number of hydrogen-bond acceptors (Lipinski definition) is 2. The molecule has 0 aliphatic carbocycles. The van der Waals surface area contributed by atoms with E-state index in [1.807, 2.05) is 50.0 Å². The fourth-order valence-electron chi connectivity index (χ4n) is 2.23. The van der Waals surface area contributed by atoms with E-state index in [-0.39, 0.29) is 5.82 Å². The van der Waals surface area contributed by atoms with Crippen LogP contribution in [-0.4, -0.2) is 16.3 Å². The first-order valence-corrected chi connectivity index (χ1v) is 6.51. The van der Waals surface area contributed by atoms with Gasteiger partial charge in [0.05, 0.1) is 0 Å². The molecule has 0 unspecified atom stereocenters. The molecule has 1 aromatic carbocycles. The molecule has 1 aromatic heterocycles. The standard InChI is InChI=1S/C15H20FN3/c1-11-8-13(9-12(2)15(11)16)10-17-6-4-14-5-7-18-19(14)3/h5,7-9,17H,4,6,10H2,1-3H3. The summed E-state index contributed by atoms with van der Waals surface area (Å²) in [5.41, 5.74) is 3.76. The second-order valence-electron chi connectivity index (χ2n) is 4.92. The highest BCUT2D eigenvalue weighted by Crippen LogP contribution is 2.14. The van der Waals surface area contributed by atoms with Crippen molar-refractivity contribution in [3.63, 3.8) is 0 Å². The monoisotopic (exact) mass is 261 g/mol. The lowest BCUT2D eigenvalue weighted by molar-refractivity contribution is 0.605. The Balaban J connectivity index is 1.85. The normalized spacial score (nSPS) is 10.9. The molecule has 102 valence electrons. The van der Waals surface area contributed by atoms with E-state index >= 15 is 0 Å². The first-order chi connectivity index (χ1) is 9.08. The summed E-state index contributed by atoms with van der Waals surface area (Å²) in [4.78, 5) is 0. The van der Waals surface area contributed by atoms with Gasteiger partial charge in [-0.2, -0.15) is 5.10 Å². The van der Waals surface area contributed by atoms with Crippen LogP contribution in [0.4, 0.5) is 4.39 Å². The molecule has 0 atom stereocenters. The van der Waals surface area contributed by atoms with E-state index in [9.17, 15) is 4.39 Å². The van der Waals surface area contributed by atoms with E-state index in [0.717, 1.165) is 25.1 Å². The summed E-state index contributed by atoms with van der Waals surface area (Å²) in [6.07, 6.45) is 2.75. The third-order valence-electron chi connectivity index (χ3n) is 3.31. The van der Waals surface area contributed by atoms with E-state index in [4.69, 9.17) is 0 Å². The lowest BCUT2D eigenvalue weighted by Gasteiger charge is -2.08. The van der Waals surface area contributed by atoms with Gasteiger partial charge in [-0.05, 0) is 36.6 Å². The summed E-state index contributed by atoms with van der Waals surface area (Å²) in [6.45, 7) is 5.26. The third-order valence-corrected chi connectivity index (χ3v) is 3.31. The Labute approximate surface area is 113 Å². The molecule has 0 fully saturated rings. The lowest BCUT2D eigenvalue weighted by Crippen LogP contribution is -2.18. The fourth-order valence-corrected chi connectivity index (χ4v) is 2.23. The molecule has 0 aliphatic rings. The average molecular weight is 261 g/mol. The molecule has 0 saturated heterocycles. The van der Waals surface area contributed by atoms with Gasteiger partial charge in [0.1, 0.15) is 5.82 Å². The van der Waals surface area contributed by atoms with E-state index in [2.05, 4.69) is 10.4 Å². The van der Waals surface area contributed by atoms with Crippen LogP contribution in [0.15, 0.2) is 24.4 Å². The molecule has 0 aliphatic heterocycles. The largest absolute Gasteiger partial charge is 0.312 e. The van der Waals surface area contributed by atoms with E-state index in [1.54, 1.807) is 0 Å². The Morgan fingerprint density at radius 2 is 1.95 bits per heavy atom. The zero-order valence-electron chi connectivity index (χ0n) is 11.7. The molecule has 2 aromatic rings. The summed E-state index contributed by atoms with van der Waals surface area (Å²) in [5.74, 6) is -0.0985. The number of rotatable bonds is 5. The predicted molar refractivity (Wildman–Crippen MR) is 74.5 cm³/mol. The van der Waals surface area contributed by atoms with Crippen molar-refractivity contribution in [3.8, 4) is 0 Å². The summed E-state index contributed by atoms with van der Waals surface area (Å²) in [6, 6.07) is 5.83. The van der Waals surface area contributed by atoms with Crippen LogP contribution in [0.2, 0.25) is 0 Å². The number of aryl methyl sites for hydroxylation is 3. The summed E-state index contributed by atoms with van der Waals surface area (Å²) >= 11 is 0. The molecular formula is C15H20FN3. The van der Waals surface area contributed by atoms with Gasteiger partial charge < -0.3 is 5.32 Å². The fraction of sp³-hybridized carbons (Fsp3) is 0.400. The molecule has 1 N–H and O–H groups in total. The van der Waals surface area contributed by atoms with Crippen LogP contribution in [-0.2, 0) is 20.0 Å². The van der Waals surface area contributed by atoms with Gasteiger partial charge in [-0.1, -0.05) is 12.1 Å². The lowest BCUT2D eigenvalue weighted by atomic mass is 10.1. The number of nitrogens with one attached hydrogen (secondary N) is 1. The Kier molecular flexibility index (Phi) is 4.32. The molecule has 0 spiro atoms. The number of benzene rings is 1. The maximum absolute atomic E-state index is 13.5. The molecule has 0 bridgehead atoms. The quantitative estimate of drug-likeness (QED) is 0.838. The molecular weight excluding hydrogens is 241 g/mol. The highest BCUT2D eigenvalue weighted by molar-refractivity contribution is 5.30. The highest BCUT2D eigenvalue weighted by atomic mass is 19.1. The van der Waals surface area contributed by atoms with Crippen LogP contribution in [0.1, 0.15) is 22.4 Å². The molecule has 0 radical (unpaired) electrons. The minimum Gasteiger partial charge on any atom is -0.312 e. The second kappa shape index (κ2) is 5.97. The van der Waals surface area contributed by atoms with Gasteiger partial charge in [-0.3, -0.25) is 4.68 Å². The van der Waals surface area contributed by atoms with Crippen molar-refractivity contribution in [2.24, 2.45) is 7.05 Å². The summed E-state index contributed by atoms with van der Waals surface area (Å²) in [5, 5.41) is 7.51. The van der Waals surface area contributed by atoms with Crippen molar-refractivity contribution >= 4 is 0 Å².